The monoisotopic (exact) mass is 691 g/mol. The summed E-state index contributed by atoms with van der Waals surface area (Å²) in [6.07, 6.45) is 0.628. The molecule has 0 amide bonds. The van der Waals surface area contributed by atoms with E-state index in [0.29, 0.717) is 12.0 Å². The number of carbonyl (C=O) groups excluding carboxylic acids is 2. The molecule has 48 heavy (non-hydrogen) atoms. The Morgan fingerprint density at radius 3 is 1.42 bits per heavy atom. The molecule has 256 valence electrons. The van der Waals surface area contributed by atoms with Crippen molar-refractivity contribution in [3.63, 3.8) is 0 Å². The Morgan fingerprint density at radius 2 is 1.04 bits per heavy atom. The fourth-order valence-corrected chi connectivity index (χ4v) is 3.28. The van der Waals surface area contributed by atoms with Gasteiger partial charge in [-0.25, -0.2) is 9.59 Å². The van der Waals surface area contributed by atoms with Gasteiger partial charge in [0.15, 0.2) is 5.78 Å². The van der Waals surface area contributed by atoms with Crippen LogP contribution in [0.2, 0.25) is 0 Å². The van der Waals surface area contributed by atoms with Crippen molar-refractivity contribution in [2.24, 2.45) is 5.73 Å². The first-order chi connectivity index (χ1) is 22.5. The van der Waals surface area contributed by atoms with Crippen LogP contribution in [0.4, 0.5) is 0 Å². The lowest BCUT2D eigenvalue weighted by Crippen LogP contribution is -2.30. The summed E-state index contributed by atoms with van der Waals surface area (Å²) in [5.41, 5.74) is 5.94. The zero-order chi connectivity index (χ0) is 36.8. The number of halogens is 1. The molecule has 0 fully saturated rings. The van der Waals surface area contributed by atoms with E-state index < -0.39 is 44.5 Å². The Balaban J connectivity index is 0.000000665. The lowest BCUT2D eigenvalue weighted by molar-refractivity contribution is -0.142. The maximum atomic E-state index is 11.8. The first-order valence-corrected chi connectivity index (χ1v) is 13.9. The highest BCUT2D eigenvalue weighted by molar-refractivity contribution is 6.68. The van der Waals surface area contributed by atoms with Crippen molar-refractivity contribution in [1.29, 1.82) is 0 Å². The number of benzene rings is 3. The number of carboxylic acids is 3. The van der Waals surface area contributed by atoms with Gasteiger partial charge in [0.25, 0.3) is 5.24 Å². The second-order valence-corrected chi connectivity index (χ2v) is 9.49. The highest BCUT2D eigenvalue weighted by Crippen LogP contribution is 2.05. The van der Waals surface area contributed by atoms with Crippen LogP contribution in [0.1, 0.15) is 43.9 Å². The molecule has 3 rings (SSSR count). The summed E-state index contributed by atoms with van der Waals surface area (Å²) in [5.74, 6) is -3.25. The summed E-state index contributed by atoms with van der Waals surface area (Å²) in [7, 11) is -4.79. The highest BCUT2D eigenvalue weighted by atomic mass is 35.5. The van der Waals surface area contributed by atoms with Gasteiger partial charge in [0.1, 0.15) is 6.61 Å². The molecule has 0 aliphatic rings. The molecule has 20 heteroatoms. The number of nitrogens with two attached hydrogens (primary N) is 1. The van der Waals surface area contributed by atoms with Crippen molar-refractivity contribution in [3.05, 3.63) is 89.5 Å². The van der Waals surface area contributed by atoms with Gasteiger partial charge in [0.05, 0.1) is 12.1 Å². The molecular weight excluding hydrogens is 658 g/mol. The van der Waals surface area contributed by atoms with Crippen LogP contribution in [-0.2, 0) is 14.3 Å². The topological polar surface area (TPSA) is 303 Å². The molecule has 0 aliphatic carbocycles. The number of aliphatic carboxylic acids is 2. The molecule has 0 bridgehead atoms. The zero-order valence-electron chi connectivity index (χ0n) is 25.1. The van der Waals surface area contributed by atoms with E-state index in [1.165, 1.54) is 60.7 Å². The summed E-state index contributed by atoms with van der Waals surface area (Å²) in [6, 6.07) is 17.5. The number of aromatic carboxylic acids is 1. The van der Waals surface area contributed by atoms with Crippen LogP contribution in [-0.4, -0.2) is 116 Å². The van der Waals surface area contributed by atoms with Gasteiger partial charge in [-0.15, -0.1) is 0 Å². The quantitative estimate of drug-likeness (QED) is 0.0377. The van der Waals surface area contributed by atoms with Crippen LogP contribution < -0.4 is 22.1 Å². The molecule has 0 aromatic heterocycles. The first-order valence-electron chi connectivity index (χ1n) is 13.6. The van der Waals surface area contributed by atoms with E-state index >= 15 is 0 Å². The Hall–Kier alpha value is -4.43. The van der Waals surface area contributed by atoms with Gasteiger partial charge in [-0.1, -0.05) is 60.7 Å². The summed E-state index contributed by atoms with van der Waals surface area (Å²) in [5, 5.41) is 76.7. The smallest absolute Gasteiger partial charge is 0.480 e. The summed E-state index contributed by atoms with van der Waals surface area (Å²) < 4.78 is 4.81. The van der Waals surface area contributed by atoms with Crippen LogP contribution >= 0.6 is 11.6 Å². The van der Waals surface area contributed by atoms with Crippen LogP contribution in [0, 0.1) is 0 Å². The fourth-order valence-electron chi connectivity index (χ4n) is 3.17. The number of carboxylic acid groups (broad SMARTS) is 3. The molecule has 16 nitrogen and oxygen atoms in total. The normalized spacial score (nSPS) is 9.58. The Kier molecular flexibility index (Phi) is 21.6. The lowest BCUT2D eigenvalue weighted by Gasteiger charge is -2.04. The second-order valence-electron chi connectivity index (χ2n) is 9.15. The van der Waals surface area contributed by atoms with Crippen LogP contribution in [0.3, 0.4) is 0 Å². The minimum absolute atomic E-state index is 0.0422. The van der Waals surface area contributed by atoms with E-state index in [2.05, 4.69) is 5.73 Å². The maximum Gasteiger partial charge on any atom is 0.488 e. The van der Waals surface area contributed by atoms with Crippen molar-refractivity contribution in [2.45, 2.75) is 12.8 Å². The average Bonchev–Trinajstić information content (AvgIpc) is 3.05. The number of hydrogen-bond donors (Lipinski definition) is 10. The minimum Gasteiger partial charge on any atom is -0.480 e. The van der Waals surface area contributed by atoms with Crippen molar-refractivity contribution < 1.29 is 74.2 Å². The zero-order valence-corrected chi connectivity index (χ0v) is 25.9. The third kappa shape index (κ3) is 19.3. The summed E-state index contributed by atoms with van der Waals surface area (Å²) >= 11 is 5.18. The van der Waals surface area contributed by atoms with Gasteiger partial charge in [-0.05, 0) is 46.5 Å². The minimum atomic E-state index is -1.62. The van der Waals surface area contributed by atoms with E-state index in [-0.39, 0.29) is 59.5 Å². The fraction of sp³-hybridized carbons (Fsp3) is 0.179. The molecule has 3 aromatic carbocycles. The SMILES string of the molecule is NCC(=O)O.O=C(Cl)c1cccc(B(O)O)c1.O=C(O)COCCCC(=O)c1cccc(B(O)O)c1.O=C(O)c1cccc(B(O)O)c1. The van der Waals surface area contributed by atoms with Crippen molar-refractivity contribution in [2.75, 3.05) is 19.8 Å². The van der Waals surface area contributed by atoms with Crippen molar-refractivity contribution >= 4 is 78.3 Å². The van der Waals surface area contributed by atoms with E-state index in [0.717, 1.165) is 0 Å². The molecular formula is C28H33B3ClNO15. The molecule has 0 spiro atoms. The lowest BCUT2D eigenvalue weighted by atomic mass is 9.79. The predicted molar refractivity (Wildman–Crippen MR) is 175 cm³/mol. The van der Waals surface area contributed by atoms with E-state index in [9.17, 15) is 24.0 Å². The van der Waals surface area contributed by atoms with Crippen molar-refractivity contribution in [1.82, 2.24) is 0 Å². The molecule has 3 aromatic rings. The molecule has 11 N–H and O–H groups in total. The number of ether oxygens (including phenoxy) is 1. The molecule has 0 saturated carbocycles. The number of carbonyl (C=O) groups is 5. The van der Waals surface area contributed by atoms with Gasteiger partial charge in [-0.3, -0.25) is 14.4 Å². The van der Waals surface area contributed by atoms with Crippen LogP contribution in [0.5, 0.6) is 0 Å². The van der Waals surface area contributed by atoms with Gasteiger partial charge in [-0.2, -0.15) is 0 Å². The summed E-state index contributed by atoms with van der Waals surface area (Å²) in [6.45, 7) is -0.458. The number of Topliss-reactive ketones (excluding diaryl/α,β-unsaturated/α-hetero) is 1. The first kappa shape index (κ1) is 43.6. The molecule has 0 unspecified atom stereocenters. The number of hydrogen-bond acceptors (Lipinski definition) is 13. The van der Waals surface area contributed by atoms with E-state index in [1.807, 2.05) is 0 Å². The Labute approximate surface area is 280 Å². The van der Waals surface area contributed by atoms with E-state index in [4.69, 9.17) is 61.8 Å². The third-order valence-corrected chi connectivity index (χ3v) is 5.66. The number of rotatable bonds is 13. The Bertz CT molecular complexity index is 1430. The van der Waals surface area contributed by atoms with Gasteiger partial charge >= 0.3 is 39.3 Å². The van der Waals surface area contributed by atoms with Gasteiger partial charge < -0.3 is 55.9 Å². The largest absolute Gasteiger partial charge is 0.488 e. The van der Waals surface area contributed by atoms with Gasteiger partial charge in [0, 0.05) is 24.2 Å². The Morgan fingerprint density at radius 1 is 0.646 bits per heavy atom. The summed E-state index contributed by atoms with van der Waals surface area (Å²) in [4.78, 5) is 52.2. The maximum absolute atomic E-state index is 11.8. The highest BCUT2D eigenvalue weighted by Gasteiger charge is 2.15. The average molecular weight is 691 g/mol. The number of ketones is 1. The molecule has 0 saturated heterocycles. The second kappa shape index (κ2) is 23.8. The van der Waals surface area contributed by atoms with Crippen molar-refractivity contribution in [3.8, 4) is 0 Å². The predicted octanol–water partition coefficient (Wildman–Crippen LogP) is -2.73. The molecule has 0 atom stereocenters. The third-order valence-electron chi connectivity index (χ3n) is 5.44. The molecule has 0 heterocycles. The van der Waals surface area contributed by atoms with Crippen LogP contribution in [0.25, 0.3) is 0 Å². The molecule has 0 aliphatic heterocycles. The van der Waals surface area contributed by atoms with E-state index in [1.54, 1.807) is 12.1 Å². The van der Waals surface area contributed by atoms with Gasteiger partial charge in [0.2, 0.25) is 0 Å². The molecule has 0 radical (unpaired) electrons. The van der Waals surface area contributed by atoms with Crippen LogP contribution in [0.15, 0.2) is 72.8 Å². The standard InChI is InChI=1S/C12H15BO6.C7H6BClO3.C7H7BO4.C2H5NO2/c14-11(5-2-6-19-8-12(15)16)9-3-1-4-10(7-9)13(17)18;2*9-7(10)5-2-1-3-6(4-5)8(11)12;3-1-2(4)5/h1,3-4,7,17-18H,2,5-6,8H2,(H,15,16);1-4,11-12H;1-4,11-12H,(H,9,10);1,3H2,(H,4,5).